The molecular weight excluding hydrogens is 302 g/mol. The Kier molecular flexibility index (Phi) is 5.30. The van der Waals surface area contributed by atoms with Crippen molar-refractivity contribution in [1.82, 2.24) is 15.4 Å². The average molecular weight is 327 g/mol. The first-order chi connectivity index (χ1) is 11.6. The van der Waals surface area contributed by atoms with Gasteiger partial charge >= 0.3 is 0 Å². The number of likely N-dealkylation sites (tertiary alicyclic amines) is 1. The number of amides is 1. The Labute approximate surface area is 143 Å². The molecule has 24 heavy (non-hydrogen) atoms. The molecule has 1 aromatic heterocycles. The molecule has 0 saturated carbocycles. The number of piperidine rings is 1. The SMILES string of the molecule is Cc1ccc(-c2cc(C(=O)NC[C@H](C)N3CCCCC3)no2)cc1. The molecule has 1 fully saturated rings. The Balaban J connectivity index is 1.56. The van der Waals surface area contributed by atoms with Crippen LogP contribution in [0.1, 0.15) is 42.2 Å². The third-order valence-electron chi connectivity index (χ3n) is 4.65. The molecule has 5 heteroatoms. The molecule has 1 atom stereocenters. The molecule has 1 aliphatic rings. The molecule has 0 spiro atoms. The van der Waals surface area contributed by atoms with Gasteiger partial charge in [-0.2, -0.15) is 0 Å². The van der Waals surface area contributed by atoms with Crippen LogP contribution in [0.2, 0.25) is 0 Å². The van der Waals surface area contributed by atoms with Crippen molar-refractivity contribution in [2.75, 3.05) is 19.6 Å². The van der Waals surface area contributed by atoms with Crippen LogP contribution in [0.15, 0.2) is 34.9 Å². The maximum absolute atomic E-state index is 12.3. The Morgan fingerprint density at radius 2 is 1.96 bits per heavy atom. The van der Waals surface area contributed by atoms with E-state index in [4.69, 9.17) is 4.52 Å². The third-order valence-corrected chi connectivity index (χ3v) is 4.65. The molecular formula is C19H25N3O2. The van der Waals surface area contributed by atoms with Crippen molar-refractivity contribution in [3.63, 3.8) is 0 Å². The zero-order valence-electron chi connectivity index (χ0n) is 14.4. The molecule has 2 heterocycles. The van der Waals surface area contributed by atoms with Crippen molar-refractivity contribution < 1.29 is 9.32 Å². The van der Waals surface area contributed by atoms with Gasteiger partial charge in [0.15, 0.2) is 11.5 Å². The summed E-state index contributed by atoms with van der Waals surface area (Å²) in [5.74, 6) is 0.435. The number of benzene rings is 1. The van der Waals surface area contributed by atoms with E-state index in [0.717, 1.165) is 18.7 Å². The number of carbonyl (C=O) groups excluding carboxylic acids is 1. The molecule has 3 rings (SSSR count). The number of hydrogen-bond acceptors (Lipinski definition) is 4. The van der Waals surface area contributed by atoms with Crippen molar-refractivity contribution in [2.45, 2.75) is 39.2 Å². The van der Waals surface area contributed by atoms with E-state index in [1.807, 2.05) is 31.2 Å². The van der Waals surface area contributed by atoms with Crippen LogP contribution in [0.5, 0.6) is 0 Å². The Morgan fingerprint density at radius 3 is 2.67 bits per heavy atom. The predicted octanol–water partition coefficient (Wildman–Crippen LogP) is 3.25. The van der Waals surface area contributed by atoms with Gasteiger partial charge in [-0.1, -0.05) is 41.4 Å². The summed E-state index contributed by atoms with van der Waals surface area (Å²) >= 11 is 0. The number of aryl methyl sites for hydroxylation is 1. The largest absolute Gasteiger partial charge is 0.355 e. The lowest BCUT2D eigenvalue weighted by atomic mass is 10.1. The fraction of sp³-hybridized carbons (Fsp3) is 0.474. The smallest absolute Gasteiger partial charge is 0.273 e. The Bertz CT molecular complexity index is 672. The van der Waals surface area contributed by atoms with E-state index in [0.29, 0.717) is 24.0 Å². The second-order valence-corrected chi connectivity index (χ2v) is 6.60. The van der Waals surface area contributed by atoms with Crippen LogP contribution < -0.4 is 5.32 Å². The van der Waals surface area contributed by atoms with Crippen molar-refractivity contribution in [2.24, 2.45) is 0 Å². The molecule has 0 radical (unpaired) electrons. The van der Waals surface area contributed by atoms with Crippen molar-refractivity contribution in [3.8, 4) is 11.3 Å². The number of nitrogens with one attached hydrogen (secondary N) is 1. The van der Waals surface area contributed by atoms with Crippen LogP contribution in [-0.2, 0) is 0 Å². The average Bonchev–Trinajstić information content (AvgIpc) is 3.11. The normalized spacial score (nSPS) is 16.8. The standard InChI is InChI=1S/C19H25N3O2/c1-14-6-8-16(9-7-14)18-12-17(21-24-18)19(23)20-13-15(2)22-10-4-3-5-11-22/h6-9,12,15H,3-5,10-11,13H2,1-2H3,(H,20,23)/t15-/m0/s1. The zero-order chi connectivity index (χ0) is 16.9. The van der Waals surface area contributed by atoms with Gasteiger partial charge in [-0.3, -0.25) is 9.69 Å². The van der Waals surface area contributed by atoms with Gasteiger partial charge < -0.3 is 9.84 Å². The Morgan fingerprint density at radius 1 is 1.25 bits per heavy atom. The van der Waals surface area contributed by atoms with Gasteiger partial charge in [-0.25, -0.2) is 0 Å². The summed E-state index contributed by atoms with van der Waals surface area (Å²) in [5, 5.41) is 6.87. The molecule has 1 saturated heterocycles. The van der Waals surface area contributed by atoms with Gasteiger partial charge in [-0.15, -0.1) is 0 Å². The van der Waals surface area contributed by atoms with Crippen LogP contribution in [0.3, 0.4) is 0 Å². The summed E-state index contributed by atoms with van der Waals surface area (Å²) in [7, 11) is 0. The fourth-order valence-electron chi connectivity index (χ4n) is 3.06. The van der Waals surface area contributed by atoms with Gasteiger partial charge in [0.1, 0.15) is 0 Å². The van der Waals surface area contributed by atoms with Crippen LogP contribution in [-0.4, -0.2) is 41.6 Å². The van der Waals surface area contributed by atoms with E-state index in [-0.39, 0.29) is 5.91 Å². The molecule has 0 aliphatic carbocycles. The van der Waals surface area contributed by atoms with Gasteiger partial charge in [0.25, 0.3) is 5.91 Å². The minimum Gasteiger partial charge on any atom is -0.355 e. The summed E-state index contributed by atoms with van der Waals surface area (Å²) in [5.41, 5.74) is 2.44. The number of nitrogens with zero attached hydrogens (tertiary/aromatic N) is 2. The van der Waals surface area contributed by atoms with Gasteiger partial charge in [0.05, 0.1) is 0 Å². The molecule has 2 aromatic rings. The first-order valence-electron chi connectivity index (χ1n) is 8.69. The first kappa shape index (κ1) is 16.7. The molecule has 128 valence electrons. The lowest BCUT2D eigenvalue weighted by molar-refractivity contribution is 0.0921. The predicted molar refractivity (Wildman–Crippen MR) is 93.9 cm³/mol. The van der Waals surface area contributed by atoms with E-state index < -0.39 is 0 Å². The summed E-state index contributed by atoms with van der Waals surface area (Å²) in [6.45, 7) is 7.07. The summed E-state index contributed by atoms with van der Waals surface area (Å²) in [6.07, 6.45) is 3.82. The summed E-state index contributed by atoms with van der Waals surface area (Å²) in [6, 6.07) is 10.0. The quantitative estimate of drug-likeness (QED) is 0.916. The van der Waals surface area contributed by atoms with Gasteiger partial charge in [0, 0.05) is 24.2 Å². The maximum atomic E-state index is 12.3. The Hall–Kier alpha value is -2.14. The molecule has 1 aliphatic heterocycles. The molecule has 0 bridgehead atoms. The molecule has 0 unspecified atom stereocenters. The molecule has 1 amide bonds. The third kappa shape index (κ3) is 4.03. The molecule has 1 N–H and O–H groups in total. The van der Waals surface area contributed by atoms with E-state index >= 15 is 0 Å². The highest BCUT2D eigenvalue weighted by Crippen LogP contribution is 2.20. The van der Waals surface area contributed by atoms with Crippen molar-refractivity contribution in [1.29, 1.82) is 0 Å². The number of rotatable bonds is 5. The minimum atomic E-state index is -0.180. The van der Waals surface area contributed by atoms with Crippen LogP contribution in [0, 0.1) is 6.92 Å². The highest BCUT2D eigenvalue weighted by molar-refractivity contribution is 5.93. The van der Waals surface area contributed by atoms with E-state index in [1.165, 1.54) is 24.8 Å². The number of hydrogen-bond donors (Lipinski definition) is 1. The highest BCUT2D eigenvalue weighted by Gasteiger charge is 2.19. The fourth-order valence-corrected chi connectivity index (χ4v) is 3.06. The lowest BCUT2D eigenvalue weighted by Crippen LogP contribution is -2.44. The van der Waals surface area contributed by atoms with Crippen molar-refractivity contribution >= 4 is 5.91 Å². The second kappa shape index (κ2) is 7.62. The zero-order valence-corrected chi connectivity index (χ0v) is 14.4. The topological polar surface area (TPSA) is 58.4 Å². The number of aromatic nitrogens is 1. The van der Waals surface area contributed by atoms with E-state index in [9.17, 15) is 4.79 Å². The summed E-state index contributed by atoms with van der Waals surface area (Å²) in [4.78, 5) is 14.7. The maximum Gasteiger partial charge on any atom is 0.273 e. The second-order valence-electron chi connectivity index (χ2n) is 6.60. The van der Waals surface area contributed by atoms with Gasteiger partial charge in [0.2, 0.25) is 0 Å². The molecule has 5 nitrogen and oxygen atoms in total. The monoisotopic (exact) mass is 327 g/mol. The highest BCUT2D eigenvalue weighted by atomic mass is 16.5. The summed E-state index contributed by atoms with van der Waals surface area (Å²) < 4.78 is 5.31. The number of carbonyl (C=O) groups is 1. The van der Waals surface area contributed by atoms with Crippen LogP contribution in [0.4, 0.5) is 0 Å². The molecule has 1 aromatic carbocycles. The van der Waals surface area contributed by atoms with Crippen LogP contribution in [0.25, 0.3) is 11.3 Å². The van der Waals surface area contributed by atoms with E-state index in [1.54, 1.807) is 6.07 Å². The minimum absolute atomic E-state index is 0.180. The van der Waals surface area contributed by atoms with Crippen LogP contribution >= 0.6 is 0 Å². The first-order valence-corrected chi connectivity index (χ1v) is 8.69. The lowest BCUT2D eigenvalue weighted by Gasteiger charge is -2.32. The van der Waals surface area contributed by atoms with Crippen molar-refractivity contribution in [3.05, 3.63) is 41.6 Å². The van der Waals surface area contributed by atoms with E-state index in [2.05, 4.69) is 22.3 Å². The van der Waals surface area contributed by atoms with Gasteiger partial charge in [-0.05, 0) is 39.8 Å².